The van der Waals surface area contributed by atoms with Crippen molar-refractivity contribution in [1.29, 1.82) is 0 Å². The van der Waals surface area contributed by atoms with Crippen molar-refractivity contribution in [3.8, 4) is 0 Å². The lowest BCUT2D eigenvalue weighted by molar-refractivity contribution is -0.929. The molecule has 1 aromatic carbocycles. The second kappa shape index (κ2) is 16.0. The quantitative estimate of drug-likeness (QED) is 0.270. The van der Waals surface area contributed by atoms with Gasteiger partial charge in [0.05, 0.1) is 31.7 Å². The molecular formula is C33H56N2O2S. The first kappa shape index (κ1) is 32.8. The van der Waals surface area contributed by atoms with Crippen molar-refractivity contribution in [3.63, 3.8) is 0 Å². The lowest BCUT2D eigenvalue weighted by Gasteiger charge is -2.39. The van der Waals surface area contributed by atoms with Crippen molar-refractivity contribution in [1.82, 2.24) is 5.32 Å². The molecule has 0 aromatic heterocycles. The van der Waals surface area contributed by atoms with Gasteiger partial charge < -0.3 is 14.9 Å². The Hall–Kier alpha value is -1.46. The van der Waals surface area contributed by atoms with Gasteiger partial charge in [-0.2, -0.15) is 11.8 Å². The zero-order valence-electron chi connectivity index (χ0n) is 25.6. The monoisotopic (exact) mass is 544 g/mol. The van der Waals surface area contributed by atoms with Gasteiger partial charge in [0.2, 0.25) is 0 Å². The van der Waals surface area contributed by atoms with Crippen LogP contribution in [0, 0.1) is 20.8 Å². The van der Waals surface area contributed by atoms with Crippen LogP contribution in [0.3, 0.4) is 0 Å². The summed E-state index contributed by atoms with van der Waals surface area (Å²) in [5.41, 5.74) is 3.74. The lowest BCUT2D eigenvalue weighted by atomic mass is 9.87. The normalized spacial score (nSPS) is 17.0. The van der Waals surface area contributed by atoms with Crippen molar-refractivity contribution in [2.45, 2.75) is 118 Å². The van der Waals surface area contributed by atoms with Crippen molar-refractivity contribution in [3.05, 3.63) is 40.1 Å². The number of hydrogen-bond donors (Lipinski definition) is 1. The summed E-state index contributed by atoms with van der Waals surface area (Å²) in [6, 6.07) is 4.08. The van der Waals surface area contributed by atoms with E-state index in [4.69, 9.17) is 0 Å². The van der Waals surface area contributed by atoms with Gasteiger partial charge in [0.1, 0.15) is 0 Å². The van der Waals surface area contributed by atoms with Crippen LogP contribution in [-0.2, 0) is 4.79 Å². The highest BCUT2D eigenvalue weighted by Gasteiger charge is 2.41. The number of carbonyl (C=O) groups is 1. The number of quaternary nitrogens is 1. The Morgan fingerprint density at radius 3 is 1.63 bits per heavy atom. The molecule has 5 heteroatoms. The van der Waals surface area contributed by atoms with E-state index in [0.717, 1.165) is 46.6 Å². The van der Waals surface area contributed by atoms with E-state index < -0.39 is 5.54 Å². The van der Waals surface area contributed by atoms with E-state index in [1.165, 1.54) is 82.0 Å². The van der Waals surface area contributed by atoms with Gasteiger partial charge in [-0.1, -0.05) is 76.8 Å². The summed E-state index contributed by atoms with van der Waals surface area (Å²) in [6.07, 6.45) is 12.6. The summed E-state index contributed by atoms with van der Waals surface area (Å²) in [5, 5.41) is 16.0. The fourth-order valence-electron chi connectivity index (χ4n) is 6.20. The van der Waals surface area contributed by atoms with Gasteiger partial charge >= 0.3 is 0 Å². The molecule has 2 heterocycles. The molecule has 4 nitrogen and oxygen atoms in total. The summed E-state index contributed by atoms with van der Waals surface area (Å²) in [5.74, 6) is 1.68. The maximum atomic E-state index is 13.0. The molecule has 38 heavy (non-hydrogen) atoms. The number of thioether (sulfide) groups is 1. The number of aryl methyl sites for hydroxylation is 3. The number of amides is 1. The van der Waals surface area contributed by atoms with Gasteiger partial charge in [-0.15, -0.1) is 0 Å². The Morgan fingerprint density at radius 1 is 0.816 bits per heavy atom. The Bertz CT molecular complexity index is 857. The molecule has 0 unspecified atom stereocenters. The van der Waals surface area contributed by atoms with E-state index in [-0.39, 0.29) is 11.7 Å². The van der Waals surface area contributed by atoms with E-state index >= 15 is 0 Å². The minimum Gasteiger partial charge on any atom is -0.873 e. The van der Waals surface area contributed by atoms with Crippen LogP contribution in [0.1, 0.15) is 114 Å². The van der Waals surface area contributed by atoms with Crippen LogP contribution in [0.15, 0.2) is 17.9 Å². The molecule has 0 radical (unpaired) electrons. The molecule has 0 saturated carbocycles. The predicted molar refractivity (Wildman–Crippen MR) is 164 cm³/mol. The van der Waals surface area contributed by atoms with Crippen LogP contribution in [-0.4, -0.2) is 53.6 Å². The predicted octanol–water partition coefficient (Wildman–Crippen LogP) is 7.08. The SMILES string of the molecule is CCCC[N+](CCCC)(CCCC)CCCC.Cc1cc(C)c(C2=C([O-])C3(CCSCC3)NC2=O)c(C)c1. The Balaban J connectivity index is 0.000000275. The van der Waals surface area contributed by atoms with Crippen molar-refractivity contribution in [2.75, 3.05) is 37.7 Å². The molecule has 1 saturated heterocycles. The number of hydrogen-bond acceptors (Lipinski definition) is 3. The summed E-state index contributed by atoms with van der Waals surface area (Å²) in [6.45, 7) is 21.0. The number of rotatable bonds is 13. The highest BCUT2D eigenvalue weighted by Crippen LogP contribution is 2.40. The third-order valence-electron chi connectivity index (χ3n) is 8.46. The van der Waals surface area contributed by atoms with Crippen LogP contribution in [0.4, 0.5) is 0 Å². The molecule has 0 aliphatic carbocycles. The topological polar surface area (TPSA) is 52.2 Å². The van der Waals surface area contributed by atoms with Gasteiger partial charge in [-0.3, -0.25) is 4.79 Å². The average Bonchev–Trinajstić information content (AvgIpc) is 3.12. The fourth-order valence-corrected chi connectivity index (χ4v) is 7.39. The summed E-state index contributed by atoms with van der Waals surface area (Å²) in [7, 11) is 0. The first-order valence-corrected chi connectivity index (χ1v) is 16.6. The van der Waals surface area contributed by atoms with Crippen LogP contribution < -0.4 is 10.4 Å². The molecule has 2 aliphatic rings. The Labute approximate surface area is 238 Å². The maximum absolute atomic E-state index is 13.0. The molecule has 1 aromatic rings. The number of nitrogens with one attached hydrogen (secondary N) is 1. The highest BCUT2D eigenvalue weighted by atomic mass is 32.2. The number of unbranched alkanes of at least 4 members (excludes halogenated alkanes) is 4. The third kappa shape index (κ3) is 8.52. The average molecular weight is 545 g/mol. The smallest absolute Gasteiger partial charge is 0.251 e. The van der Waals surface area contributed by atoms with Crippen molar-refractivity contribution in [2.24, 2.45) is 0 Å². The van der Waals surface area contributed by atoms with Gasteiger partial charge in [-0.25, -0.2) is 0 Å². The standard InChI is InChI=1S/C17H21NO2S.C16H36N/c1-10-8-11(2)13(12(3)9-10)14-15(19)17(18-16(14)20)4-6-21-7-5-17;1-5-9-13-17(14-10-6-2,15-11-7-3)16-12-8-4/h8-9,19H,4-7H2,1-3H3,(H,18,20);5-16H2,1-4H3/q;+1/p-1. The largest absolute Gasteiger partial charge is 0.873 e. The molecule has 0 bridgehead atoms. The first-order valence-electron chi connectivity index (χ1n) is 15.4. The zero-order chi connectivity index (χ0) is 28.2. The fraction of sp³-hybridized carbons (Fsp3) is 0.727. The van der Waals surface area contributed by atoms with Crippen molar-refractivity contribution >= 4 is 23.2 Å². The molecule has 1 fully saturated rings. The molecule has 3 rings (SSSR count). The Kier molecular flexibility index (Phi) is 13.8. The zero-order valence-corrected chi connectivity index (χ0v) is 26.5. The van der Waals surface area contributed by atoms with Crippen LogP contribution in [0.5, 0.6) is 0 Å². The minimum absolute atomic E-state index is 0.00264. The molecule has 2 aliphatic heterocycles. The molecule has 216 valence electrons. The van der Waals surface area contributed by atoms with Gasteiger partial charge in [0, 0.05) is 5.57 Å². The Morgan fingerprint density at radius 2 is 1.24 bits per heavy atom. The maximum Gasteiger partial charge on any atom is 0.251 e. The van der Waals surface area contributed by atoms with Crippen molar-refractivity contribution < 1.29 is 14.4 Å². The second-order valence-electron chi connectivity index (χ2n) is 11.8. The van der Waals surface area contributed by atoms with E-state index in [1.807, 2.05) is 44.7 Å². The first-order chi connectivity index (χ1) is 18.2. The molecule has 0 atom stereocenters. The summed E-state index contributed by atoms with van der Waals surface area (Å²) >= 11 is 1.85. The van der Waals surface area contributed by atoms with Crippen LogP contribution >= 0.6 is 11.8 Å². The van der Waals surface area contributed by atoms with E-state index in [2.05, 4.69) is 33.0 Å². The van der Waals surface area contributed by atoms with Crippen LogP contribution in [0.2, 0.25) is 0 Å². The molecular weight excluding hydrogens is 488 g/mol. The highest BCUT2D eigenvalue weighted by molar-refractivity contribution is 7.99. The summed E-state index contributed by atoms with van der Waals surface area (Å²) in [4.78, 5) is 12.5. The van der Waals surface area contributed by atoms with E-state index in [9.17, 15) is 9.90 Å². The number of nitrogens with zero attached hydrogens (tertiary/aromatic N) is 1. The molecule has 1 amide bonds. The molecule has 1 N–H and O–H groups in total. The summed E-state index contributed by atoms with van der Waals surface area (Å²) < 4.78 is 1.42. The van der Waals surface area contributed by atoms with Gasteiger partial charge in [-0.05, 0) is 87.5 Å². The molecule has 1 spiro atoms. The minimum atomic E-state index is -0.637. The lowest BCUT2D eigenvalue weighted by Crippen LogP contribution is -2.50. The van der Waals surface area contributed by atoms with E-state index in [1.54, 1.807) is 0 Å². The van der Waals surface area contributed by atoms with E-state index in [0.29, 0.717) is 5.57 Å². The third-order valence-corrected chi connectivity index (χ3v) is 9.44. The van der Waals surface area contributed by atoms with Crippen LogP contribution in [0.25, 0.3) is 5.57 Å². The number of carbonyl (C=O) groups excluding carboxylic acids is 1. The van der Waals surface area contributed by atoms with Gasteiger partial charge in [0.15, 0.2) is 0 Å². The second-order valence-corrected chi connectivity index (χ2v) is 13.0. The number of benzene rings is 1. The van der Waals surface area contributed by atoms with Gasteiger partial charge in [0.25, 0.3) is 5.91 Å².